The van der Waals surface area contributed by atoms with Gasteiger partial charge in [0.1, 0.15) is 4.90 Å². The van der Waals surface area contributed by atoms with E-state index < -0.39 is 21.9 Å². The number of anilines is 1. The van der Waals surface area contributed by atoms with Crippen molar-refractivity contribution in [3.63, 3.8) is 0 Å². The summed E-state index contributed by atoms with van der Waals surface area (Å²) in [6.07, 6.45) is -4.50. The minimum absolute atomic E-state index is 0.0228. The Bertz CT molecular complexity index is 890. The molecule has 142 valence electrons. The van der Waals surface area contributed by atoms with E-state index in [1.807, 2.05) is 0 Å². The zero-order chi connectivity index (χ0) is 19.1. The number of thiazole rings is 1. The number of hydrogen-bond donors (Lipinski definition) is 0. The highest BCUT2D eigenvalue weighted by atomic mass is 35.5. The summed E-state index contributed by atoms with van der Waals surface area (Å²) < 4.78 is 64.8. The number of hydrogen-bond acceptors (Lipinski definition) is 5. The number of nitrogens with zero attached hydrogens (tertiary/aromatic N) is 3. The fourth-order valence-corrected chi connectivity index (χ4v) is 5.92. The molecule has 0 aliphatic carbocycles. The van der Waals surface area contributed by atoms with E-state index in [1.165, 1.54) is 16.4 Å². The molecule has 0 spiro atoms. The van der Waals surface area contributed by atoms with Crippen LogP contribution in [0, 0.1) is 0 Å². The first-order valence-corrected chi connectivity index (χ1v) is 10.4. The predicted molar refractivity (Wildman–Crippen MR) is 94.5 cm³/mol. The van der Waals surface area contributed by atoms with Gasteiger partial charge in [0.05, 0.1) is 10.0 Å². The number of alkyl halides is 3. The molecule has 12 heteroatoms. The summed E-state index contributed by atoms with van der Waals surface area (Å²) in [6.45, 7) is 0.605. The summed E-state index contributed by atoms with van der Waals surface area (Å²) in [5, 5.41) is 1.21. The zero-order valence-corrected chi connectivity index (χ0v) is 16.1. The van der Waals surface area contributed by atoms with Gasteiger partial charge in [-0.15, -0.1) is 11.3 Å². The van der Waals surface area contributed by atoms with Gasteiger partial charge in [0.15, 0.2) is 10.8 Å². The minimum Gasteiger partial charge on any atom is -0.345 e. The molecule has 1 aromatic heterocycles. The van der Waals surface area contributed by atoms with E-state index in [-0.39, 0.29) is 46.3 Å². The van der Waals surface area contributed by atoms with Crippen molar-refractivity contribution in [1.82, 2.24) is 9.29 Å². The second kappa shape index (κ2) is 7.16. The number of rotatable bonds is 3. The van der Waals surface area contributed by atoms with Gasteiger partial charge in [-0.2, -0.15) is 17.5 Å². The van der Waals surface area contributed by atoms with Crippen LogP contribution < -0.4 is 4.90 Å². The summed E-state index contributed by atoms with van der Waals surface area (Å²) >= 11 is 12.9. The van der Waals surface area contributed by atoms with Gasteiger partial charge in [0.25, 0.3) is 0 Å². The lowest BCUT2D eigenvalue weighted by Crippen LogP contribution is -2.48. The average Bonchev–Trinajstić information content (AvgIpc) is 3.05. The average molecular weight is 446 g/mol. The Kier molecular flexibility index (Phi) is 5.42. The van der Waals surface area contributed by atoms with Crippen LogP contribution >= 0.6 is 34.5 Å². The van der Waals surface area contributed by atoms with Crippen molar-refractivity contribution in [2.75, 3.05) is 31.1 Å². The largest absolute Gasteiger partial charge is 0.434 e. The lowest BCUT2D eigenvalue weighted by molar-refractivity contribution is -0.140. The fourth-order valence-electron chi connectivity index (χ4n) is 2.52. The number of sulfonamides is 1. The number of benzene rings is 1. The van der Waals surface area contributed by atoms with Gasteiger partial charge in [-0.3, -0.25) is 0 Å². The standard InChI is InChI=1S/C14H12Cl2F3N3O2S2/c15-9-2-1-3-10(16)12(9)26(23,24)22-6-4-21(5-7-22)13-20-11(8-25-13)14(17,18)19/h1-3,8H,4-7H2. The predicted octanol–water partition coefficient (Wildman–Crippen LogP) is 3.98. The molecule has 26 heavy (non-hydrogen) atoms. The monoisotopic (exact) mass is 445 g/mol. The number of piperazine rings is 1. The van der Waals surface area contributed by atoms with Crippen LogP contribution in [-0.4, -0.2) is 43.9 Å². The maximum Gasteiger partial charge on any atom is 0.434 e. The van der Waals surface area contributed by atoms with Gasteiger partial charge < -0.3 is 4.90 Å². The van der Waals surface area contributed by atoms with Crippen molar-refractivity contribution in [1.29, 1.82) is 0 Å². The molecule has 0 bridgehead atoms. The second-order valence-corrected chi connectivity index (χ2v) is 8.98. The molecule has 0 radical (unpaired) electrons. The van der Waals surface area contributed by atoms with Crippen LogP contribution in [0.5, 0.6) is 0 Å². The summed E-state index contributed by atoms with van der Waals surface area (Å²) in [6, 6.07) is 4.41. The van der Waals surface area contributed by atoms with Gasteiger partial charge in [-0.25, -0.2) is 13.4 Å². The van der Waals surface area contributed by atoms with Gasteiger partial charge in [0, 0.05) is 31.6 Å². The molecule has 3 rings (SSSR count). The fraction of sp³-hybridized carbons (Fsp3) is 0.357. The van der Waals surface area contributed by atoms with Crippen LogP contribution in [-0.2, 0) is 16.2 Å². The van der Waals surface area contributed by atoms with Crippen LogP contribution in [0.4, 0.5) is 18.3 Å². The maximum absolute atomic E-state index is 12.8. The third-order valence-corrected chi connectivity index (χ3v) is 7.56. The molecule has 1 aliphatic rings. The molecular weight excluding hydrogens is 434 g/mol. The highest BCUT2D eigenvalue weighted by Gasteiger charge is 2.36. The third-order valence-electron chi connectivity index (χ3n) is 3.81. The quantitative estimate of drug-likeness (QED) is 0.716. The molecule has 0 atom stereocenters. The van der Waals surface area contributed by atoms with Crippen molar-refractivity contribution in [2.45, 2.75) is 11.1 Å². The summed E-state index contributed by atoms with van der Waals surface area (Å²) in [5.41, 5.74) is -0.949. The highest BCUT2D eigenvalue weighted by Crippen LogP contribution is 2.35. The molecule has 0 saturated carbocycles. The van der Waals surface area contributed by atoms with Crippen LogP contribution in [0.15, 0.2) is 28.5 Å². The number of aromatic nitrogens is 1. The molecule has 1 aromatic carbocycles. The van der Waals surface area contributed by atoms with Crippen molar-refractivity contribution in [2.24, 2.45) is 0 Å². The SMILES string of the molecule is O=S(=O)(c1c(Cl)cccc1Cl)N1CCN(c2nc(C(F)(F)F)cs2)CC1. The first-order valence-electron chi connectivity index (χ1n) is 7.32. The normalized spacial score (nSPS) is 16.9. The van der Waals surface area contributed by atoms with E-state index >= 15 is 0 Å². The van der Waals surface area contributed by atoms with Gasteiger partial charge in [0.2, 0.25) is 10.0 Å². The third kappa shape index (κ3) is 3.79. The van der Waals surface area contributed by atoms with Crippen molar-refractivity contribution >= 4 is 49.7 Å². The van der Waals surface area contributed by atoms with E-state index in [0.717, 1.165) is 16.7 Å². The van der Waals surface area contributed by atoms with Crippen LogP contribution in [0.3, 0.4) is 0 Å². The Hall–Kier alpha value is -1.07. The highest BCUT2D eigenvalue weighted by molar-refractivity contribution is 7.89. The lowest BCUT2D eigenvalue weighted by atomic mass is 10.4. The van der Waals surface area contributed by atoms with Crippen LogP contribution in [0.25, 0.3) is 0 Å². The molecule has 5 nitrogen and oxygen atoms in total. The van der Waals surface area contributed by atoms with Crippen LogP contribution in [0.2, 0.25) is 10.0 Å². The van der Waals surface area contributed by atoms with Crippen molar-refractivity contribution < 1.29 is 21.6 Å². The second-order valence-electron chi connectivity index (χ2n) is 5.45. The summed E-state index contributed by atoms with van der Waals surface area (Å²) in [4.78, 5) is 5.05. The Morgan fingerprint density at radius 1 is 1.08 bits per heavy atom. The van der Waals surface area contributed by atoms with E-state index in [0.29, 0.717) is 0 Å². The molecule has 0 N–H and O–H groups in total. The first kappa shape index (κ1) is 19.7. The molecule has 2 heterocycles. The Morgan fingerprint density at radius 2 is 1.65 bits per heavy atom. The molecule has 1 saturated heterocycles. The Balaban J connectivity index is 1.75. The molecule has 0 amide bonds. The van der Waals surface area contributed by atoms with Crippen molar-refractivity contribution in [3.05, 3.63) is 39.3 Å². The Morgan fingerprint density at radius 3 is 2.15 bits per heavy atom. The lowest BCUT2D eigenvalue weighted by Gasteiger charge is -2.34. The molecule has 0 unspecified atom stereocenters. The molecule has 2 aromatic rings. The Labute approximate surface area is 162 Å². The topological polar surface area (TPSA) is 53.5 Å². The minimum atomic E-state index is -4.50. The van der Waals surface area contributed by atoms with Crippen molar-refractivity contribution in [3.8, 4) is 0 Å². The zero-order valence-electron chi connectivity index (χ0n) is 13.0. The van der Waals surface area contributed by atoms with E-state index in [9.17, 15) is 21.6 Å². The van der Waals surface area contributed by atoms with E-state index in [4.69, 9.17) is 23.2 Å². The van der Waals surface area contributed by atoms with E-state index in [1.54, 1.807) is 11.0 Å². The van der Waals surface area contributed by atoms with E-state index in [2.05, 4.69) is 4.98 Å². The smallest absolute Gasteiger partial charge is 0.345 e. The van der Waals surface area contributed by atoms with Crippen LogP contribution in [0.1, 0.15) is 5.69 Å². The first-order chi connectivity index (χ1) is 12.1. The van der Waals surface area contributed by atoms with Gasteiger partial charge in [-0.1, -0.05) is 29.3 Å². The molecule has 1 aliphatic heterocycles. The summed E-state index contributed by atoms with van der Waals surface area (Å²) in [5.74, 6) is 0. The molecular formula is C14H12Cl2F3N3O2S2. The molecule has 1 fully saturated rings. The van der Waals surface area contributed by atoms with Gasteiger partial charge >= 0.3 is 6.18 Å². The van der Waals surface area contributed by atoms with Gasteiger partial charge in [-0.05, 0) is 12.1 Å². The maximum atomic E-state index is 12.8. The summed E-state index contributed by atoms with van der Waals surface area (Å²) in [7, 11) is -3.90. The number of halogens is 5.